The molecule has 146 valence electrons. The number of benzene rings is 1. The predicted octanol–water partition coefficient (Wildman–Crippen LogP) is 1.80. The number of carbonyl (C=O) groups excluding carboxylic acids is 2. The lowest BCUT2D eigenvalue weighted by molar-refractivity contribution is -0.136. The van der Waals surface area contributed by atoms with Crippen molar-refractivity contribution in [3.63, 3.8) is 0 Å². The van der Waals surface area contributed by atoms with Gasteiger partial charge in [0.05, 0.1) is 5.92 Å². The van der Waals surface area contributed by atoms with Crippen molar-refractivity contribution in [3.8, 4) is 0 Å². The van der Waals surface area contributed by atoms with E-state index in [1.54, 1.807) is 11.1 Å². The van der Waals surface area contributed by atoms with E-state index in [4.69, 9.17) is 0 Å². The molecule has 0 saturated carbocycles. The van der Waals surface area contributed by atoms with Gasteiger partial charge in [-0.25, -0.2) is 0 Å². The summed E-state index contributed by atoms with van der Waals surface area (Å²) in [5.74, 6) is 0.682. The number of anilines is 2. The summed E-state index contributed by atoms with van der Waals surface area (Å²) in [7, 11) is 0. The molecule has 2 aromatic rings. The highest BCUT2D eigenvalue weighted by Gasteiger charge is 2.38. The standard InChI is InChI=1S/C21H25N5O2/c1-15-5-6-18(12-16(15)2)26-14-17(13-20(26)27)21(28)25-10-8-24(9-11-25)19-4-3-7-22-23-19/h3-7,12,17H,8-11,13-14H2,1-2H3. The Bertz CT molecular complexity index is 878. The van der Waals surface area contributed by atoms with Crippen LogP contribution in [0, 0.1) is 19.8 Å². The van der Waals surface area contributed by atoms with E-state index in [9.17, 15) is 9.59 Å². The third-order valence-electron chi connectivity index (χ3n) is 5.75. The van der Waals surface area contributed by atoms with Gasteiger partial charge in [0.2, 0.25) is 11.8 Å². The number of carbonyl (C=O) groups is 2. The second-order valence-electron chi connectivity index (χ2n) is 7.57. The topological polar surface area (TPSA) is 69.6 Å². The zero-order valence-corrected chi connectivity index (χ0v) is 16.3. The molecule has 1 atom stereocenters. The van der Waals surface area contributed by atoms with Crippen molar-refractivity contribution in [2.45, 2.75) is 20.3 Å². The molecule has 1 unspecified atom stereocenters. The van der Waals surface area contributed by atoms with Crippen molar-refractivity contribution in [3.05, 3.63) is 47.7 Å². The molecule has 3 heterocycles. The van der Waals surface area contributed by atoms with E-state index in [1.807, 2.05) is 42.2 Å². The Labute approximate surface area is 165 Å². The first-order valence-electron chi connectivity index (χ1n) is 9.72. The van der Waals surface area contributed by atoms with Crippen molar-refractivity contribution < 1.29 is 9.59 Å². The van der Waals surface area contributed by atoms with Crippen LogP contribution in [0.5, 0.6) is 0 Å². The van der Waals surface area contributed by atoms with Gasteiger partial charge in [0, 0.05) is 51.0 Å². The van der Waals surface area contributed by atoms with Gasteiger partial charge in [0.1, 0.15) is 0 Å². The van der Waals surface area contributed by atoms with Crippen molar-refractivity contribution in [1.29, 1.82) is 0 Å². The van der Waals surface area contributed by atoms with Gasteiger partial charge in [-0.3, -0.25) is 9.59 Å². The summed E-state index contributed by atoms with van der Waals surface area (Å²) in [6, 6.07) is 9.82. The monoisotopic (exact) mass is 379 g/mol. The highest BCUT2D eigenvalue weighted by atomic mass is 16.2. The van der Waals surface area contributed by atoms with E-state index in [-0.39, 0.29) is 24.2 Å². The summed E-state index contributed by atoms with van der Waals surface area (Å²) in [4.78, 5) is 31.3. The molecule has 4 rings (SSSR count). The highest BCUT2D eigenvalue weighted by molar-refractivity contribution is 6.00. The maximum atomic E-state index is 13.0. The fourth-order valence-electron chi connectivity index (χ4n) is 3.89. The summed E-state index contributed by atoms with van der Waals surface area (Å²) in [5, 5.41) is 8.06. The van der Waals surface area contributed by atoms with E-state index in [1.165, 1.54) is 5.56 Å². The number of rotatable bonds is 3. The summed E-state index contributed by atoms with van der Waals surface area (Å²) < 4.78 is 0. The van der Waals surface area contributed by atoms with Gasteiger partial charge < -0.3 is 14.7 Å². The minimum atomic E-state index is -0.267. The first-order chi connectivity index (χ1) is 13.5. The van der Waals surface area contributed by atoms with Crippen molar-refractivity contribution in [2.75, 3.05) is 42.5 Å². The third-order valence-corrected chi connectivity index (χ3v) is 5.75. The van der Waals surface area contributed by atoms with Crippen LogP contribution in [0.25, 0.3) is 0 Å². The van der Waals surface area contributed by atoms with E-state index in [0.717, 1.165) is 30.2 Å². The molecule has 7 heteroatoms. The predicted molar refractivity (Wildman–Crippen MR) is 107 cm³/mol. The Morgan fingerprint density at radius 3 is 2.54 bits per heavy atom. The Balaban J connectivity index is 1.38. The van der Waals surface area contributed by atoms with Gasteiger partial charge in [-0.1, -0.05) is 6.07 Å². The van der Waals surface area contributed by atoms with Crippen molar-refractivity contribution in [1.82, 2.24) is 15.1 Å². The van der Waals surface area contributed by atoms with Crippen molar-refractivity contribution >= 4 is 23.3 Å². The molecular formula is C21H25N5O2. The number of amides is 2. The zero-order valence-electron chi connectivity index (χ0n) is 16.3. The molecule has 0 N–H and O–H groups in total. The summed E-state index contributed by atoms with van der Waals surface area (Å²) in [6.07, 6.45) is 1.94. The van der Waals surface area contributed by atoms with Crippen LogP contribution in [-0.4, -0.2) is 59.6 Å². The molecule has 2 fully saturated rings. The molecule has 2 aliphatic rings. The summed E-state index contributed by atoms with van der Waals surface area (Å²) in [6.45, 7) is 7.30. The average Bonchev–Trinajstić information content (AvgIpc) is 3.12. The average molecular weight is 379 g/mol. The number of aromatic nitrogens is 2. The Morgan fingerprint density at radius 1 is 1.07 bits per heavy atom. The second kappa shape index (κ2) is 7.58. The van der Waals surface area contributed by atoms with Gasteiger partial charge >= 0.3 is 0 Å². The molecular weight excluding hydrogens is 354 g/mol. The molecule has 0 bridgehead atoms. The molecule has 2 aliphatic heterocycles. The van der Waals surface area contributed by atoms with Gasteiger partial charge in [-0.2, -0.15) is 5.10 Å². The molecule has 28 heavy (non-hydrogen) atoms. The number of hydrogen-bond acceptors (Lipinski definition) is 5. The molecule has 0 aliphatic carbocycles. The molecule has 7 nitrogen and oxygen atoms in total. The molecule has 1 aromatic carbocycles. The Hall–Kier alpha value is -2.96. The van der Waals surface area contributed by atoms with Gasteiger partial charge in [-0.15, -0.1) is 5.10 Å². The lowest BCUT2D eigenvalue weighted by atomic mass is 10.1. The van der Waals surface area contributed by atoms with E-state index < -0.39 is 0 Å². The van der Waals surface area contributed by atoms with Crippen LogP contribution in [0.1, 0.15) is 17.5 Å². The molecule has 2 amide bonds. The lowest BCUT2D eigenvalue weighted by Crippen LogP contribution is -2.51. The molecule has 1 aromatic heterocycles. The fraction of sp³-hybridized carbons (Fsp3) is 0.429. The number of nitrogens with zero attached hydrogens (tertiary/aromatic N) is 5. The van der Waals surface area contributed by atoms with Crippen LogP contribution in [0.3, 0.4) is 0 Å². The van der Waals surface area contributed by atoms with Gasteiger partial charge in [0.25, 0.3) is 0 Å². The molecule has 0 radical (unpaired) electrons. The van der Waals surface area contributed by atoms with Crippen LogP contribution < -0.4 is 9.80 Å². The Morgan fingerprint density at radius 2 is 1.86 bits per heavy atom. The summed E-state index contributed by atoms with van der Waals surface area (Å²) in [5.41, 5.74) is 3.24. The van der Waals surface area contributed by atoms with Crippen LogP contribution in [0.15, 0.2) is 36.5 Å². The van der Waals surface area contributed by atoms with E-state index >= 15 is 0 Å². The molecule has 0 spiro atoms. The highest BCUT2D eigenvalue weighted by Crippen LogP contribution is 2.28. The smallest absolute Gasteiger partial charge is 0.228 e. The third kappa shape index (κ3) is 3.56. The van der Waals surface area contributed by atoms with Crippen LogP contribution >= 0.6 is 0 Å². The molecule has 2 saturated heterocycles. The fourth-order valence-corrected chi connectivity index (χ4v) is 3.89. The zero-order chi connectivity index (χ0) is 19.7. The largest absolute Gasteiger partial charge is 0.352 e. The maximum Gasteiger partial charge on any atom is 0.228 e. The van der Waals surface area contributed by atoms with Gasteiger partial charge in [0.15, 0.2) is 5.82 Å². The maximum absolute atomic E-state index is 13.0. The summed E-state index contributed by atoms with van der Waals surface area (Å²) >= 11 is 0. The Kier molecular flexibility index (Phi) is 4.98. The minimum absolute atomic E-state index is 0.0276. The first-order valence-corrected chi connectivity index (χ1v) is 9.72. The quantitative estimate of drug-likeness (QED) is 0.813. The van der Waals surface area contributed by atoms with Crippen molar-refractivity contribution in [2.24, 2.45) is 5.92 Å². The van der Waals surface area contributed by atoms with E-state index in [2.05, 4.69) is 22.0 Å². The SMILES string of the molecule is Cc1ccc(N2CC(C(=O)N3CCN(c4cccnn4)CC3)CC2=O)cc1C. The van der Waals surface area contributed by atoms with Gasteiger partial charge in [-0.05, 0) is 49.2 Å². The van der Waals surface area contributed by atoms with Crippen LogP contribution in [-0.2, 0) is 9.59 Å². The minimum Gasteiger partial charge on any atom is -0.352 e. The van der Waals surface area contributed by atoms with E-state index in [0.29, 0.717) is 19.6 Å². The second-order valence-corrected chi connectivity index (χ2v) is 7.57. The van der Waals surface area contributed by atoms with Crippen LogP contribution in [0.4, 0.5) is 11.5 Å². The number of aryl methyl sites for hydroxylation is 2. The normalized spacial score (nSPS) is 20.0. The lowest BCUT2D eigenvalue weighted by Gasteiger charge is -2.36. The van der Waals surface area contributed by atoms with Crippen LogP contribution in [0.2, 0.25) is 0 Å². The first kappa shape index (κ1) is 18.4. The number of hydrogen-bond donors (Lipinski definition) is 0. The number of piperazine rings is 1.